The topological polar surface area (TPSA) is 62.4 Å². The zero-order valence-electron chi connectivity index (χ0n) is 10.7. The zero-order valence-corrected chi connectivity index (χ0v) is 10.7. The molecule has 3 rings (SSSR count). The Morgan fingerprint density at radius 2 is 2.16 bits per heavy atom. The van der Waals surface area contributed by atoms with Crippen molar-refractivity contribution < 1.29 is 9.63 Å². The smallest absolute Gasteiger partial charge is 0.257 e. The summed E-state index contributed by atoms with van der Waals surface area (Å²) in [5, 5.41) is 13.3. The van der Waals surface area contributed by atoms with Crippen LogP contribution in [0.15, 0.2) is 34.9 Å². The Labute approximate surface area is 111 Å². The summed E-state index contributed by atoms with van der Waals surface area (Å²) in [5.41, 5.74) is 0.932. The van der Waals surface area contributed by atoms with Crippen LogP contribution < -0.4 is 0 Å². The van der Waals surface area contributed by atoms with Crippen LogP contribution in [0.4, 0.5) is 0 Å². The summed E-state index contributed by atoms with van der Waals surface area (Å²) in [5.74, 6) is 1.23. The number of rotatable bonds is 4. The van der Waals surface area contributed by atoms with Gasteiger partial charge >= 0.3 is 0 Å². The third-order valence-electron chi connectivity index (χ3n) is 3.54. The molecule has 2 heterocycles. The van der Waals surface area contributed by atoms with Gasteiger partial charge in [-0.05, 0) is 31.5 Å². The molecule has 0 aliphatic carbocycles. The lowest BCUT2D eigenvalue weighted by atomic mass is 10.2. The maximum absolute atomic E-state index is 9.29. The van der Waals surface area contributed by atoms with Crippen molar-refractivity contribution in [3.63, 3.8) is 0 Å². The first-order valence-electron chi connectivity index (χ1n) is 6.60. The van der Waals surface area contributed by atoms with Crippen LogP contribution in [0.1, 0.15) is 18.7 Å². The van der Waals surface area contributed by atoms with E-state index in [1.165, 1.54) is 0 Å². The molecule has 0 saturated carbocycles. The number of hydrogen-bond donors (Lipinski definition) is 1. The van der Waals surface area contributed by atoms with Gasteiger partial charge in [-0.1, -0.05) is 23.4 Å². The summed E-state index contributed by atoms with van der Waals surface area (Å²) >= 11 is 0. The lowest BCUT2D eigenvalue weighted by Crippen LogP contribution is -2.31. The fourth-order valence-corrected chi connectivity index (χ4v) is 2.51. The van der Waals surface area contributed by atoms with Gasteiger partial charge in [0, 0.05) is 11.6 Å². The van der Waals surface area contributed by atoms with E-state index in [-0.39, 0.29) is 12.6 Å². The molecule has 0 bridgehead atoms. The van der Waals surface area contributed by atoms with E-state index >= 15 is 0 Å². The molecule has 1 aliphatic heterocycles. The molecule has 1 fully saturated rings. The molecule has 1 aromatic carbocycles. The molecular weight excluding hydrogens is 242 g/mol. The number of aromatic nitrogens is 2. The van der Waals surface area contributed by atoms with Crippen molar-refractivity contribution in [3.8, 4) is 11.5 Å². The average Bonchev–Trinajstić information content (AvgIpc) is 3.09. The minimum absolute atomic E-state index is 0.198. The van der Waals surface area contributed by atoms with E-state index in [2.05, 4.69) is 15.0 Å². The zero-order chi connectivity index (χ0) is 13.1. The van der Waals surface area contributed by atoms with E-state index in [0.717, 1.165) is 24.9 Å². The van der Waals surface area contributed by atoms with E-state index in [0.29, 0.717) is 18.3 Å². The predicted octanol–water partition coefficient (Wildman–Crippen LogP) is 1.69. The summed E-state index contributed by atoms with van der Waals surface area (Å²) < 4.78 is 5.28. The second kappa shape index (κ2) is 5.50. The Hall–Kier alpha value is -1.72. The van der Waals surface area contributed by atoms with Crippen molar-refractivity contribution in [2.75, 3.05) is 13.2 Å². The van der Waals surface area contributed by atoms with Crippen LogP contribution in [-0.2, 0) is 6.54 Å². The molecular formula is C14H17N3O2. The first-order chi connectivity index (χ1) is 9.36. The van der Waals surface area contributed by atoms with Gasteiger partial charge in [-0.15, -0.1) is 0 Å². The Morgan fingerprint density at radius 3 is 2.95 bits per heavy atom. The predicted molar refractivity (Wildman–Crippen MR) is 70.3 cm³/mol. The number of nitrogens with zero attached hydrogens (tertiary/aromatic N) is 3. The highest BCUT2D eigenvalue weighted by molar-refractivity contribution is 5.51. The molecule has 1 aromatic heterocycles. The standard InChI is InChI=1S/C14H17N3O2/c18-10-12-7-4-8-17(12)9-13-15-14(19-16-13)11-5-2-1-3-6-11/h1-3,5-6,12,18H,4,7-10H2. The molecule has 0 spiro atoms. The summed E-state index contributed by atoms with van der Waals surface area (Å²) in [7, 11) is 0. The maximum Gasteiger partial charge on any atom is 0.257 e. The van der Waals surface area contributed by atoms with E-state index < -0.39 is 0 Å². The third kappa shape index (κ3) is 2.67. The molecule has 5 heteroatoms. The van der Waals surface area contributed by atoms with Crippen molar-refractivity contribution in [2.24, 2.45) is 0 Å². The number of aliphatic hydroxyl groups excluding tert-OH is 1. The van der Waals surface area contributed by atoms with Gasteiger partial charge in [0.05, 0.1) is 13.2 Å². The highest BCUT2D eigenvalue weighted by Crippen LogP contribution is 2.20. The number of benzene rings is 1. The number of aliphatic hydroxyl groups is 1. The fourth-order valence-electron chi connectivity index (χ4n) is 2.51. The summed E-state index contributed by atoms with van der Waals surface area (Å²) in [6.45, 7) is 1.82. The van der Waals surface area contributed by atoms with Crippen molar-refractivity contribution in [1.29, 1.82) is 0 Å². The van der Waals surface area contributed by atoms with E-state index in [4.69, 9.17) is 4.52 Å². The lowest BCUT2D eigenvalue weighted by molar-refractivity contribution is 0.150. The fraction of sp³-hybridized carbons (Fsp3) is 0.429. The van der Waals surface area contributed by atoms with Crippen LogP contribution in [0.25, 0.3) is 11.5 Å². The van der Waals surface area contributed by atoms with Gasteiger partial charge in [0.1, 0.15) is 0 Å². The highest BCUT2D eigenvalue weighted by atomic mass is 16.5. The Morgan fingerprint density at radius 1 is 1.32 bits per heavy atom. The van der Waals surface area contributed by atoms with E-state index in [1.54, 1.807) is 0 Å². The molecule has 5 nitrogen and oxygen atoms in total. The molecule has 0 amide bonds. The van der Waals surface area contributed by atoms with Crippen LogP contribution in [0.3, 0.4) is 0 Å². The normalized spacial score (nSPS) is 19.9. The molecule has 2 aromatic rings. The van der Waals surface area contributed by atoms with Crippen LogP contribution in [0.2, 0.25) is 0 Å². The molecule has 1 atom stereocenters. The Bertz CT molecular complexity index is 526. The summed E-state index contributed by atoms with van der Waals surface area (Å²) in [6, 6.07) is 9.98. The molecule has 1 saturated heterocycles. The van der Waals surface area contributed by atoms with Gasteiger partial charge < -0.3 is 9.63 Å². The minimum atomic E-state index is 0.198. The maximum atomic E-state index is 9.29. The van der Waals surface area contributed by atoms with Crippen LogP contribution in [0, 0.1) is 0 Å². The van der Waals surface area contributed by atoms with Gasteiger partial charge in [-0.25, -0.2) is 0 Å². The highest BCUT2D eigenvalue weighted by Gasteiger charge is 2.25. The SMILES string of the molecule is OCC1CCCN1Cc1noc(-c2ccccc2)n1. The van der Waals surface area contributed by atoms with Gasteiger partial charge in [0.25, 0.3) is 5.89 Å². The summed E-state index contributed by atoms with van der Waals surface area (Å²) in [6.07, 6.45) is 2.16. The largest absolute Gasteiger partial charge is 0.395 e. The van der Waals surface area contributed by atoms with Gasteiger partial charge in [0.15, 0.2) is 5.82 Å². The van der Waals surface area contributed by atoms with Crippen LogP contribution >= 0.6 is 0 Å². The minimum Gasteiger partial charge on any atom is -0.395 e. The number of likely N-dealkylation sites (tertiary alicyclic amines) is 1. The van der Waals surface area contributed by atoms with Crippen molar-refractivity contribution >= 4 is 0 Å². The third-order valence-corrected chi connectivity index (χ3v) is 3.54. The van der Waals surface area contributed by atoms with Gasteiger partial charge in [0.2, 0.25) is 0 Å². The molecule has 1 unspecified atom stereocenters. The van der Waals surface area contributed by atoms with Crippen molar-refractivity contribution in [3.05, 3.63) is 36.2 Å². The summed E-state index contributed by atoms with van der Waals surface area (Å²) in [4.78, 5) is 6.62. The first-order valence-corrected chi connectivity index (χ1v) is 6.60. The van der Waals surface area contributed by atoms with Crippen LogP contribution in [-0.4, -0.2) is 39.3 Å². The van der Waals surface area contributed by atoms with Gasteiger partial charge in [-0.3, -0.25) is 4.90 Å². The molecule has 100 valence electrons. The molecule has 19 heavy (non-hydrogen) atoms. The van der Waals surface area contributed by atoms with Crippen molar-refractivity contribution in [2.45, 2.75) is 25.4 Å². The molecule has 1 aliphatic rings. The lowest BCUT2D eigenvalue weighted by Gasteiger charge is -2.20. The number of hydrogen-bond acceptors (Lipinski definition) is 5. The first kappa shape index (κ1) is 12.3. The Kier molecular flexibility index (Phi) is 3.57. The van der Waals surface area contributed by atoms with E-state index in [9.17, 15) is 5.11 Å². The Balaban J connectivity index is 1.72. The van der Waals surface area contributed by atoms with E-state index in [1.807, 2.05) is 30.3 Å². The second-order valence-corrected chi connectivity index (χ2v) is 4.83. The van der Waals surface area contributed by atoms with Crippen LogP contribution in [0.5, 0.6) is 0 Å². The monoisotopic (exact) mass is 259 g/mol. The van der Waals surface area contributed by atoms with Gasteiger partial charge in [-0.2, -0.15) is 4.98 Å². The second-order valence-electron chi connectivity index (χ2n) is 4.83. The van der Waals surface area contributed by atoms with Crippen molar-refractivity contribution in [1.82, 2.24) is 15.0 Å². The quantitative estimate of drug-likeness (QED) is 0.905. The molecule has 1 N–H and O–H groups in total. The average molecular weight is 259 g/mol. The molecule has 0 radical (unpaired) electrons.